The number of amides is 4. The molecule has 1 aromatic heterocycles. The van der Waals surface area contributed by atoms with Crippen molar-refractivity contribution in [3.05, 3.63) is 47.3 Å². The van der Waals surface area contributed by atoms with Gasteiger partial charge >= 0.3 is 6.03 Å². The van der Waals surface area contributed by atoms with Crippen molar-refractivity contribution in [3.63, 3.8) is 0 Å². The molecule has 8 nitrogen and oxygen atoms in total. The molecule has 1 aliphatic rings. The van der Waals surface area contributed by atoms with Gasteiger partial charge in [0.1, 0.15) is 12.1 Å². The largest absolute Gasteiger partial charge is 0.325 e. The number of aryl methyl sites for hydroxylation is 2. The molecule has 0 aliphatic carbocycles. The number of hydrogen-bond donors (Lipinski definition) is 2. The highest BCUT2D eigenvalue weighted by molar-refractivity contribution is 6.10. The molecule has 0 saturated carbocycles. The number of nitrogens with zero attached hydrogens (tertiary/aromatic N) is 3. The minimum absolute atomic E-state index is 0.354. The van der Waals surface area contributed by atoms with Gasteiger partial charge < -0.3 is 10.6 Å². The lowest BCUT2D eigenvalue weighted by Gasteiger charge is -2.25. The van der Waals surface area contributed by atoms with Crippen molar-refractivity contribution in [2.24, 2.45) is 7.05 Å². The maximum Gasteiger partial charge on any atom is 0.325 e. The molecule has 2 heterocycles. The summed E-state index contributed by atoms with van der Waals surface area (Å²) in [6.07, 6.45) is 0.389. The average molecular weight is 369 g/mol. The standard InChI is InChI=1S/C19H23N5O3/c1-5-19(14-9-7-6-8-10-14)17(26)24(18(27)21-19)11-15(25)20-16-12(2)22-23(4)13(16)3/h6-10H,5,11H2,1-4H3,(H,20,25)(H,21,27)/t19-/m0/s1. The molecule has 27 heavy (non-hydrogen) atoms. The fourth-order valence-electron chi connectivity index (χ4n) is 3.41. The van der Waals surface area contributed by atoms with Crippen molar-refractivity contribution >= 4 is 23.5 Å². The number of nitrogens with one attached hydrogen (secondary N) is 2. The SMILES string of the molecule is CC[C@@]1(c2ccccc2)NC(=O)N(CC(=O)Nc2c(C)nn(C)c2C)C1=O. The van der Waals surface area contributed by atoms with Crippen LogP contribution in [0, 0.1) is 13.8 Å². The molecule has 1 atom stereocenters. The van der Waals surface area contributed by atoms with Crippen LogP contribution in [0.2, 0.25) is 0 Å². The molecule has 0 bridgehead atoms. The van der Waals surface area contributed by atoms with Gasteiger partial charge in [0.2, 0.25) is 5.91 Å². The first-order chi connectivity index (χ1) is 12.8. The second-order valence-corrected chi connectivity index (χ2v) is 6.66. The molecule has 0 unspecified atom stereocenters. The minimum atomic E-state index is -1.14. The monoisotopic (exact) mass is 369 g/mol. The van der Waals surface area contributed by atoms with Gasteiger partial charge in [0.15, 0.2) is 0 Å². The van der Waals surface area contributed by atoms with Gasteiger partial charge in [0.25, 0.3) is 5.91 Å². The summed E-state index contributed by atoms with van der Waals surface area (Å²) in [5, 5.41) is 9.77. The van der Waals surface area contributed by atoms with Crippen molar-refractivity contribution < 1.29 is 14.4 Å². The predicted molar refractivity (Wildman–Crippen MR) is 100.0 cm³/mol. The van der Waals surface area contributed by atoms with E-state index in [1.807, 2.05) is 32.0 Å². The molecule has 1 fully saturated rings. The number of anilines is 1. The van der Waals surface area contributed by atoms with Gasteiger partial charge in [0.05, 0.1) is 17.1 Å². The van der Waals surface area contributed by atoms with Crippen molar-refractivity contribution in [3.8, 4) is 0 Å². The Bertz CT molecular complexity index is 906. The average Bonchev–Trinajstić information content (AvgIpc) is 3.04. The minimum Gasteiger partial charge on any atom is -0.321 e. The Morgan fingerprint density at radius 2 is 1.89 bits per heavy atom. The van der Waals surface area contributed by atoms with Gasteiger partial charge in [-0.1, -0.05) is 37.3 Å². The van der Waals surface area contributed by atoms with Crippen molar-refractivity contribution in [2.45, 2.75) is 32.7 Å². The zero-order valence-corrected chi connectivity index (χ0v) is 15.9. The van der Waals surface area contributed by atoms with Crippen LogP contribution in [-0.2, 0) is 22.2 Å². The topological polar surface area (TPSA) is 96.3 Å². The lowest BCUT2D eigenvalue weighted by Crippen LogP contribution is -2.44. The molecule has 0 radical (unpaired) electrons. The lowest BCUT2D eigenvalue weighted by atomic mass is 9.87. The molecule has 3 rings (SSSR count). The van der Waals surface area contributed by atoms with Gasteiger partial charge in [-0.25, -0.2) is 4.79 Å². The second-order valence-electron chi connectivity index (χ2n) is 6.66. The summed E-state index contributed by atoms with van der Waals surface area (Å²) in [5.41, 5.74) is 1.63. The Kier molecular flexibility index (Phi) is 4.73. The molecule has 8 heteroatoms. The third-order valence-electron chi connectivity index (χ3n) is 5.05. The molecule has 2 N–H and O–H groups in total. The summed E-state index contributed by atoms with van der Waals surface area (Å²) in [5.74, 6) is -0.867. The fourth-order valence-corrected chi connectivity index (χ4v) is 3.41. The second kappa shape index (κ2) is 6.86. The van der Waals surface area contributed by atoms with E-state index in [1.165, 1.54) is 0 Å². The zero-order valence-electron chi connectivity index (χ0n) is 15.9. The Morgan fingerprint density at radius 3 is 2.44 bits per heavy atom. The first kappa shape index (κ1) is 18.6. The van der Waals surface area contributed by atoms with Crippen molar-refractivity contribution in [1.29, 1.82) is 0 Å². The van der Waals surface area contributed by atoms with E-state index in [9.17, 15) is 14.4 Å². The zero-order chi connectivity index (χ0) is 19.8. The Labute approximate surface area is 157 Å². The number of rotatable bonds is 5. The smallest absolute Gasteiger partial charge is 0.321 e. The maximum atomic E-state index is 13.0. The highest BCUT2D eigenvalue weighted by Gasteiger charge is 2.51. The molecule has 2 aromatic rings. The van der Waals surface area contributed by atoms with E-state index in [0.717, 1.165) is 10.6 Å². The number of hydrogen-bond acceptors (Lipinski definition) is 4. The van der Waals surface area contributed by atoms with Gasteiger partial charge in [-0.2, -0.15) is 5.10 Å². The van der Waals surface area contributed by atoms with E-state index in [1.54, 1.807) is 30.8 Å². The van der Waals surface area contributed by atoms with E-state index in [4.69, 9.17) is 0 Å². The van der Waals surface area contributed by atoms with Crippen LogP contribution in [0.15, 0.2) is 30.3 Å². The van der Waals surface area contributed by atoms with Crippen LogP contribution < -0.4 is 10.6 Å². The third kappa shape index (κ3) is 3.07. The van der Waals surface area contributed by atoms with Gasteiger partial charge in [-0.05, 0) is 25.8 Å². The van der Waals surface area contributed by atoms with Gasteiger partial charge in [-0.3, -0.25) is 19.2 Å². The lowest BCUT2D eigenvalue weighted by molar-refractivity contribution is -0.134. The predicted octanol–water partition coefficient (Wildman–Crippen LogP) is 1.83. The number of benzene rings is 1. The van der Waals surface area contributed by atoms with Crippen LogP contribution in [0.4, 0.5) is 10.5 Å². The van der Waals surface area contributed by atoms with Crippen molar-refractivity contribution in [1.82, 2.24) is 20.0 Å². The van der Waals surface area contributed by atoms with Crippen LogP contribution in [0.5, 0.6) is 0 Å². The third-order valence-corrected chi connectivity index (χ3v) is 5.05. The summed E-state index contributed by atoms with van der Waals surface area (Å²) in [6, 6.07) is 8.50. The summed E-state index contributed by atoms with van der Waals surface area (Å²) >= 11 is 0. The maximum absolute atomic E-state index is 13.0. The summed E-state index contributed by atoms with van der Waals surface area (Å²) < 4.78 is 1.66. The molecule has 1 aliphatic heterocycles. The van der Waals surface area contributed by atoms with Crippen LogP contribution in [0.1, 0.15) is 30.3 Å². The van der Waals surface area contributed by atoms with Crippen LogP contribution >= 0.6 is 0 Å². The Hall–Kier alpha value is -3.16. The number of urea groups is 1. The first-order valence-electron chi connectivity index (χ1n) is 8.80. The number of imide groups is 1. The number of carbonyl (C=O) groups is 3. The molecule has 1 saturated heterocycles. The van der Waals surface area contributed by atoms with Crippen molar-refractivity contribution in [2.75, 3.05) is 11.9 Å². The molecule has 4 amide bonds. The highest BCUT2D eigenvalue weighted by atomic mass is 16.2. The van der Waals surface area contributed by atoms with E-state index in [-0.39, 0.29) is 6.54 Å². The number of aromatic nitrogens is 2. The fraction of sp³-hybridized carbons (Fsp3) is 0.368. The van der Waals surface area contributed by atoms with E-state index in [2.05, 4.69) is 15.7 Å². The van der Waals surface area contributed by atoms with Gasteiger partial charge in [0, 0.05) is 7.05 Å². The van der Waals surface area contributed by atoms with Crippen LogP contribution in [0.3, 0.4) is 0 Å². The normalized spacial score (nSPS) is 19.3. The Morgan fingerprint density at radius 1 is 1.22 bits per heavy atom. The summed E-state index contributed by atoms with van der Waals surface area (Å²) in [6.45, 7) is 5.10. The van der Waals surface area contributed by atoms with Gasteiger partial charge in [-0.15, -0.1) is 0 Å². The highest BCUT2D eigenvalue weighted by Crippen LogP contribution is 2.32. The summed E-state index contributed by atoms with van der Waals surface area (Å²) in [4.78, 5) is 38.9. The first-order valence-corrected chi connectivity index (χ1v) is 8.80. The molecule has 1 aromatic carbocycles. The number of carbonyl (C=O) groups excluding carboxylic acids is 3. The van der Waals surface area contributed by atoms with E-state index >= 15 is 0 Å². The van der Waals surface area contributed by atoms with E-state index in [0.29, 0.717) is 23.4 Å². The molecular formula is C19H23N5O3. The molecule has 0 spiro atoms. The molecular weight excluding hydrogens is 346 g/mol. The van der Waals surface area contributed by atoms with Crippen LogP contribution in [-0.4, -0.2) is 39.1 Å². The van der Waals surface area contributed by atoms with E-state index < -0.39 is 23.4 Å². The molecule has 142 valence electrons. The Balaban J connectivity index is 1.80. The van der Waals surface area contributed by atoms with Crippen LogP contribution in [0.25, 0.3) is 0 Å². The quantitative estimate of drug-likeness (QED) is 0.786. The summed E-state index contributed by atoms with van der Waals surface area (Å²) in [7, 11) is 1.78.